The van der Waals surface area contributed by atoms with E-state index in [4.69, 9.17) is 9.57 Å². The average molecular weight is 446 g/mol. The summed E-state index contributed by atoms with van der Waals surface area (Å²) in [5, 5.41) is 16.3. The topological polar surface area (TPSA) is 87.3 Å². The van der Waals surface area contributed by atoms with Crippen molar-refractivity contribution in [1.82, 2.24) is 25.2 Å². The number of pyridine rings is 1. The monoisotopic (exact) mass is 446 g/mol. The van der Waals surface area contributed by atoms with E-state index in [0.717, 1.165) is 24.2 Å². The molecule has 2 heterocycles. The van der Waals surface area contributed by atoms with Crippen LogP contribution in [0, 0.1) is 5.92 Å². The second-order valence-electron chi connectivity index (χ2n) is 7.52. The van der Waals surface area contributed by atoms with Crippen LogP contribution in [0.2, 0.25) is 0 Å². The molecule has 1 aliphatic rings. The van der Waals surface area contributed by atoms with Crippen LogP contribution in [0.1, 0.15) is 42.3 Å². The summed E-state index contributed by atoms with van der Waals surface area (Å²) in [7, 11) is 0. The fourth-order valence-electron chi connectivity index (χ4n) is 2.81. The first-order valence-electron chi connectivity index (χ1n) is 10.1. The number of halogens is 3. The Balaban J connectivity index is 1.25. The van der Waals surface area contributed by atoms with Crippen LogP contribution in [-0.2, 0) is 30.8 Å². The van der Waals surface area contributed by atoms with Gasteiger partial charge in [0.15, 0.2) is 6.61 Å². The lowest BCUT2D eigenvalue weighted by molar-refractivity contribution is -0.137. The Morgan fingerprint density at radius 3 is 2.56 bits per heavy atom. The van der Waals surface area contributed by atoms with Gasteiger partial charge in [0, 0.05) is 17.8 Å². The third-order valence-electron chi connectivity index (χ3n) is 4.83. The largest absolute Gasteiger partial charge is 0.469 e. The van der Waals surface area contributed by atoms with Crippen molar-refractivity contribution >= 4 is 5.71 Å². The molecule has 0 unspecified atom stereocenters. The van der Waals surface area contributed by atoms with Crippen LogP contribution < -0.4 is 4.74 Å². The van der Waals surface area contributed by atoms with Crippen molar-refractivity contribution in [3.05, 3.63) is 65.1 Å². The van der Waals surface area contributed by atoms with Crippen molar-refractivity contribution < 1.29 is 22.7 Å². The van der Waals surface area contributed by atoms with Crippen LogP contribution >= 0.6 is 0 Å². The molecule has 2 aromatic heterocycles. The normalized spacial score (nSPS) is 14.4. The molecule has 0 spiro atoms. The minimum atomic E-state index is -4.36. The number of alkyl halides is 3. The molecule has 0 atom stereocenters. The molecule has 0 N–H and O–H groups in total. The van der Waals surface area contributed by atoms with E-state index in [-0.39, 0.29) is 13.2 Å². The minimum Gasteiger partial charge on any atom is -0.469 e. The lowest BCUT2D eigenvalue weighted by Gasteiger charge is -2.07. The maximum atomic E-state index is 12.6. The highest BCUT2D eigenvalue weighted by molar-refractivity contribution is 5.98. The van der Waals surface area contributed by atoms with E-state index < -0.39 is 11.7 Å². The van der Waals surface area contributed by atoms with E-state index in [1.807, 2.05) is 0 Å². The SMILES string of the molecule is CC(=NOCc1ccc(C(F)(F)F)cc1)c1ccc(OCc2nnn(CC3CC3)n2)nc1. The number of hydrogen-bond donors (Lipinski definition) is 0. The highest BCUT2D eigenvalue weighted by atomic mass is 19.4. The molecule has 1 aromatic carbocycles. The lowest BCUT2D eigenvalue weighted by Crippen LogP contribution is -2.05. The van der Waals surface area contributed by atoms with Crippen molar-refractivity contribution in [2.75, 3.05) is 0 Å². The standard InChI is InChI=1S/C21H21F3N6O2/c1-14(28-32-12-16-4-7-18(8-5-16)21(22,23)24)17-6-9-20(25-10-17)31-13-19-26-29-30(27-19)11-15-2-3-15/h4-10,15H,2-3,11-13H2,1H3. The summed E-state index contributed by atoms with van der Waals surface area (Å²) in [4.78, 5) is 11.1. The second kappa shape index (κ2) is 9.33. The van der Waals surface area contributed by atoms with Gasteiger partial charge in [-0.25, -0.2) is 4.98 Å². The Morgan fingerprint density at radius 2 is 1.91 bits per heavy atom. The molecule has 0 radical (unpaired) electrons. The fraction of sp³-hybridized carbons (Fsp3) is 0.381. The summed E-state index contributed by atoms with van der Waals surface area (Å²) < 4.78 is 43.4. The predicted octanol–water partition coefficient (Wildman–Crippen LogP) is 4.02. The van der Waals surface area contributed by atoms with Crippen LogP contribution in [-0.4, -0.2) is 30.9 Å². The molecule has 0 saturated heterocycles. The maximum absolute atomic E-state index is 12.6. The van der Waals surface area contributed by atoms with Gasteiger partial charge in [0.05, 0.1) is 17.8 Å². The summed E-state index contributed by atoms with van der Waals surface area (Å²) in [6.07, 6.45) is -0.339. The summed E-state index contributed by atoms with van der Waals surface area (Å²) in [6.45, 7) is 2.75. The van der Waals surface area contributed by atoms with Crippen LogP contribution in [0.15, 0.2) is 47.8 Å². The zero-order chi connectivity index (χ0) is 22.6. The number of hydrogen-bond acceptors (Lipinski definition) is 7. The molecule has 1 saturated carbocycles. The van der Waals surface area contributed by atoms with Gasteiger partial charge >= 0.3 is 6.18 Å². The molecular weight excluding hydrogens is 425 g/mol. The molecule has 32 heavy (non-hydrogen) atoms. The molecular formula is C21H21F3N6O2. The fourth-order valence-corrected chi connectivity index (χ4v) is 2.81. The zero-order valence-electron chi connectivity index (χ0n) is 17.3. The third-order valence-corrected chi connectivity index (χ3v) is 4.83. The zero-order valence-corrected chi connectivity index (χ0v) is 17.3. The molecule has 8 nitrogen and oxygen atoms in total. The molecule has 4 rings (SSSR count). The molecule has 1 fully saturated rings. The Morgan fingerprint density at radius 1 is 1.12 bits per heavy atom. The van der Waals surface area contributed by atoms with Crippen LogP contribution in [0.5, 0.6) is 5.88 Å². The lowest BCUT2D eigenvalue weighted by atomic mass is 10.1. The summed E-state index contributed by atoms with van der Waals surface area (Å²) in [5.41, 5.74) is 1.17. The molecule has 0 bridgehead atoms. The van der Waals surface area contributed by atoms with Crippen molar-refractivity contribution in [1.29, 1.82) is 0 Å². The number of tetrazole rings is 1. The Hall–Kier alpha value is -3.50. The van der Waals surface area contributed by atoms with Gasteiger partial charge in [-0.2, -0.15) is 18.0 Å². The van der Waals surface area contributed by atoms with Crippen LogP contribution in [0.25, 0.3) is 0 Å². The van der Waals surface area contributed by atoms with E-state index in [0.29, 0.717) is 28.9 Å². The Kier molecular flexibility index (Phi) is 6.33. The Bertz CT molecular complexity index is 1060. The second-order valence-corrected chi connectivity index (χ2v) is 7.52. The number of benzene rings is 1. The summed E-state index contributed by atoms with van der Waals surface area (Å²) >= 11 is 0. The van der Waals surface area contributed by atoms with E-state index >= 15 is 0 Å². The minimum absolute atomic E-state index is 0.0541. The van der Waals surface area contributed by atoms with Gasteiger partial charge < -0.3 is 9.57 Å². The molecule has 11 heteroatoms. The van der Waals surface area contributed by atoms with Gasteiger partial charge in [-0.3, -0.25) is 0 Å². The van der Waals surface area contributed by atoms with E-state index in [2.05, 4.69) is 25.6 Å². The van der Waals surface area contributed by atoms with Crippen molar-refractivity contribution in [3.8, 4) is 5.88 Å². The van der Waals surface area contributed by atoms with Crippen molar-refractivity contribution in [3.63, 3.8) is 0 Å². The highest BCUT2D eigenvalue weighted by Crippen LogP contribution is 2.30. The van der Waals surface area contributed by atoms with E-state index in [9.17, 15) is 13.2 Å². The summed E-state index contributed by atoms with van der Waals surface area (Å²) in [5.74, 6) is 1.56. The van der Waals surface area contributed by atoms with Crippen molar-refractivity contribution in [2.24, 2.45) is 11.1 Å². The first kappa shape index (κ1) is 21.7. The number of rotatable bonds is 9. The quantitative estimate of drug-likeness (QED) is 0.365. The maximum Gasteiger partial charge on any atom is 0.416 e. The third kappa shape index (κ3) is 6.02. The van der Waals surface area contributed by atoms with Gasteiger partial charge in [0.25, 0.3) is 0 Å². The number of ether oxygens (including phenoxy) is 1. The summed E-state index contributed by atoms with van der Waals surface area (Å²) in [6, 6.07) is 8.22. The van der Waals surface area contributed by atoms with Crippen molar-refractivity contribution in [2.45, 2.75) is 45.7 Å². The smallest absolute Gasteiger partial charge is 0.416 e. The Labute approximate surface area is 182 Å². The van der Waals surface area contributed by atoms with Gasteiger partial charge in [0.1, 0.15) is 6.61 Å². The number of oxime groups is 1. The molecule has 168 valence electrons. The van der Waals surface area contributed by atoms with E-state index in [1.54, 1.807) is 30.0 Å². The highest BCUT2D eigenvalue weighted by Gasteiger charge is 2.29. The predicted molar refractivity (Wildman–Crippen MR) is 108 cm³/mol. The number of nitrogens with zero attached hydrogens (tertiary/aromatic N) is 6. The average Bonchev–Trinajstić information content (AvgIpc) is 3.48. The van der Waals surface area contributed by atoms with Gasteiger partial charge in [-0.1, -0.05) is 17.3 Å². The van der Waals surface area contributed by atoms with Crippen LogP contribution in [0.4, 0.5) is 13.2 Å². The molecule has 0 aliphatic heterocycles. The molecule has 1 aliphatic carbocycles. The molecule has 3 aromatic rings. The van der Waals surface area contributed by atoms with Gasteiger partial charge in [-0.15, -0.1) is 10.2 Å². The number of aromatic nitrogens is 5. The van der Waals surface area contributed by atoms with Crippen LogP contribution in [0.3, 0.4) is 0 Å². The van der Waals surface area contributed by atoms with Gasteiger partial charge in [0.2, 0.25) is 11.7 Å². The van der Waals surface area contributed by atoms with E-state index in [1.165, 1.54) is 25.0 Å². The first-order chi connectivity index (χ1) is 15.4. The first-order valence-corrected chi connectivity index (χ1v) is 10.1. The van der Waals surface area contributed by atoms with Gasteiger partial charge in [-0.05, 0) is 54.7 Å². The molecule has 0 amide bonds.